The third-order valence-corrected chi connectivity index (χ3v) is 4.60. The van der Waals surface area contributed by atoms with Crippen molar-refractivity contribution in [3.8, 4) is 0 Å². The molecule has 1 saturated carbocycles. The van der Waals surface area contributed by atoms with Crippen molar-refractivity contribution in [3.05, 3.63) is 0 Å². The molecule has 2 bridgehead atoms. The average molecular weight is 338 g/mol. The molecule has 4 nitrogen and oxygen atoms in total. The van der Waals surface area contributed by atoms with Gasteiger partial charge in [-0.1, -0.05) is 29.5 Å². The molecule has 2 fully saturated rings. The molecular weight excluding hydrogens is 323 g/mol. The van der Waals surface area contributed by atoms with Crippen LogP contribution in [-0.4, -0.2) is 28.1 Å². The molecule has 4 unspecified atom stereocenters. The van der Waals surface area contributed by atoms with E-state index in [1.165, 1.54) is 0 Å². The summed E-state index contributed by atoms with van der Waals surface area (Å²) in [7, 11) is 0. The van der Waals surface area contributed by atoms with Crippen LogP contribution in [-0.2, 0) is 19.1 Å². The molecule has 0 spiro atoms. The zero-order valence-electron chi connectivity index (χ0n) is 9.15. The number of rotatable bonds is 3. The van der Waals surface area contributed by atoms with E-state index in [0.717, 1.165) is 25.7 Å². The number of alkyl halides is 1. The van der Waals surface area contributed by atoms with Crippen molar-refractivity contribution >= 4 is 34.5 Å². The second kappa shape index (κ2) is 4.89. The molecule has 1 aliphatic carbocycles. The van der Waals surface area contributed by atoms with E-state index < -0.39 is 0 Å². The second-order valence-electron chi connectivity index (χ2n) is 4.34. The van der Waals surface area contributed by atoms with E-state index >= 15 is 0 Å². The van der Waals surface area contributed by atoms with Gasteiger partial charge >= 0.3 is 11.9 Å². The fourth-order valence-electron chi connectivity index (χ4n) is 2.21. The molecule has 2 aliphatic rings. The Kier molecular flexibility index (Phi) is 3.71. The molecule has 90 valence electrons. The topological polar surface area (TPSA) is 52.6 Å². The van der Waals surface area contributed by atoms with Crippen molar-refractivity contribution in [3.63, 3.8) is 0 Å². The van der Waals surface area contributed by atoms with Crippen molar-refractivity contribution < 1.29 is 19.1 Å². The maximum absolute atomic E-state index is 11.6. The maximum Gasteiger partial charge on any atom is 0.319 e. The Morgan fingerprint density at radius 3 is 3.06 bits per heavy atom. The third-order valence-electron chi connectivity index (χ3n) is 3.21. The SMILES string of the molecule is CCC(I)C(=O)OC1CCC2CC1OC2=O. The first kappa shape index (κ1) is 12.1. The van der Waals surface area contributed by atoms with E-state index in [1.807, 2.05) is 6.92 Å². The highest BCUT2D eigenvalue weighted by Gasteiger charge is 2.45. The van der Waals surface area contributed by atoms with Crippen LogP contribution in [0.15, 0.2) is 0 Å². The Morgan fingerprint density at radius 2 is 2.38 bits per heavy atom. The zero-order valence-corrected chi connectivity index (χ0v) is 11.3. The van der Waals surface area contributed by atoms with Gasteiger partial charge in [0.1, 0.15) is 16.1 Å². The van der Waals surface area contributed by atoms with Crippen LogP contribution < -0.4 is 0 Å². The van der Waals surface area contributed by atoms with Crippen LogP contribution in [0.1, 0.15) is 32.6 Å². The lowest BCUT2D eigenvalue weighted by molar-refractivity contribution is -0.160. The molecule has 4 atom stereocenters. The summed E-state index contributed by atoms with van der Waals surface area (Å²) in [5, 5.41) is 0. The minimum atomic E-state index is -0.223. The van der Waals surface area contributed by atoms with Gasteiger partial charge in [-0.05, 0) is 19.3 Å². The highest BCUT2D eigenvalue weighted by atomic mass is 127. The van der Waals surface area contributed by atoms with Crippen LogP contribution in [0.5, 0.6) is 0 Å². The number of carbonyl (C=O) groups excluding carboxylic acids is 2. The molecule has 1 saturated heterocycles. The van der Waals surface area contributed by atoms with E-state index in [9.17, 15) is 9.59 Å². The van der Waals surface area contributed by atoms with Gasteiger partial charge in [-0.2, -0.15) is 0 Å². The lowest BCUT2D eigenvalue weighted by Gasteiger charge is -2.26. The van der Waals surface area contributed by atoms with Gasteiger partial charge in [-0.15, -0.1) is 0 Å². The Labute approximate surface area is 108 Å². The van der Waals surface area contributed by atoms with Crippen molar-refractivity contribution in [1.82, 2.24) is 0 Å². The van der Waals surface area contributed by atoms with Crippen LogP contribution in [0.3, 0.4) is 0 Å². The van der Waals surface area contributed by atoms with Crippen LogP contribution in [0, 0.1) is 5.92 Å². The fraction of sp³-hybridized carbons (Fsp3) is 0.818. The summed E-state index contributed by atoms with van der Waals surface area (Å²) >= 11 is 2.08. The zero-order chi connectivity index (χ0) is 11.7. The first-order valence-electron chi connectivity index (χ1n) is 5.67. The molecule has 0 aromatic rings. The van der Waals surface area contributed by atoms with Crippen LogP contribution >= 0.6 is 22.6 Å². The molecular formula is C11H15IO4. The predicted octanol–water partition coefficient (Wildman–Crippen LogP) is 1.84. The van der Waals surface area contributed by atoms with E-state index in [4.69, 9.17) is 9.47 Å². The molecule has 0 aromatic heterocycles. The molecule has 0 N–H and O–H groups in total. The van der Waals surface area contributed by atoms with Gasteiger partial charge in [0, 0.05) is 6.42 Å². The first-order valence-corrected chi connectivity index (χ1v) is 6.91. The molecule has 0 radical (unpaired) electrons. The van der Waals surface area contributed by atoms with E-state index in [0.29, 0.717) is 0 Å². The number of ether oxygens (including phenoxy) is 2. The third kappa shape index (κ3) is 2.33. The summed E-state index contributed by atoms with van der Waals surface area (Å²) in [5.41, 5.74) is 0. The number of fused-ring (bicyclic) bond motifs is 2. The number of hydrogen-bond donors (Lipinski definition) is 0. The van der Waals surface area contributed by atoms with E-state index in [2.05, 4.69) is 22.6 Å². The second-order valence-corrected chi connectivity index (χ2v) is 5.84. The van der Waals surface area contributed by atoms with Crippen molar-refractivity contribution in [2.45, 2.75) is 48.7 Å². The fourth-order valence-corrected chi connectivity index (χ4v) is 2.36. The molecule has 1 heterocycles. The summed E-state index contributed by atoms with van der Waals surface area (Å²) in [6, 6.07) is 0. The molecule has 0 aromatic carbocycles. The van der Waals surface area contributed by atoms with Gasteiger partial charge in [0.05, 0.1) is 5.92 Å². The molecule has 2 rings (SSSR count). The quantitative estimate of drug-likeness (QED) is 0.448. The molecule has 0 amide bonds. The van der Waals surface area contributed by atoms with Gasteiger partial charge in [-0.3, -0.25) is 9.59 Å². The molecule has 1 aliphatic heterocycles. The number of halogens is 1. The summed E-state index contributed by atoms with van der Waals surface area (Å²) in [6.45, 7) is 1.95. The van der Waals surface area contributed by atoms with E-state index in [-0.39, 0.29) is 34.0 Å². The summed E-state index contributed by atoms with van der Waals surface area (Å²) < 4.78 is 10.5. The highest BCUT2D eigenvalue weighted by molar-refractivity contribution is 14.1. The van der Waals surface area contributed by atoms with Gasteiger partial charge < -0.3 is 9.47 Å². The van der Waals surface area contributed by atoms with Crippen LogP contribution in [0.25, 0.3) is 0 Å². The standard InChI is InChI=1S/C11H15IO4/c1-2-7(12)11(14)15-8-4-3-6-5-9(8)16-10(6)13/h6-9H,2-5H2,1H3. The van der Waals surface area contributed by atoms with Crippen LogP contribution in [0.2, 0.25) is 0 Å². The monoisotopic (exact) mass is 338 g/mol. The van der Waals surface area contributed by atoms with Gasteiger partial charge in [0.15, 0.2) is 0 Å². The highest BCUT2D eigenvalue weighted by Crippen LogP contribution is 2.36. The smallest absolute Gasteiger partial charge is 0.319 e. The minimum Gasteiger partial charge on any atom is -0.458 e. The Morgan fingerprint density at radius 1 is 1.62 bits per heavy atom. The summed E-state index contributed by atoms with van der Waals surface area (Å²) in [4.78, 5) is 22.9. The minimum absolute atomic E-state index is 0.0431. The maximum atomic E-state index is 11.6. The molecule has 16 heavy (non-hydrogen) atoms. The number of carbonyl (C=O) groups is 2. The van der Waals surface area contributed by atoms with Crippen LogP contribution in [0.4, 0.5) is 0 Å². The molecule has 5 heteroatoms. The first-order chi connectivity index (χ1) is 7.61. The van der Waals surface area contributed by atoms with Gasteiger partial charge in [-0.25, -0.2) is 0 Å². The van der Waals surface area contributed by atoms with Crippen molar-refractivity contribution in [2.75, 3.05) is 0 Å². The predicted molar refractivity (Wildman–Crippen MR) is 65.2 cm³/mol. The Bertz CT molecular complexity index is 304. The number of esters is 2. The van der Waals surface area contributed by atoms with Gasteiger partial charge in [0.2, 0.25) is 0 Å². The number of hydrogen-bond acceptors (Lipinski definition) is 4. The van der Waals surface area contributed by atoms with Crippen molar-refractivity contribution in [2.24, 2.45) is 5.92 Å². The Hall–Kier alpha value is -0.330. The van der Waals surface area contributed by atoms with Gasteiger partial charge in [0.25, 0.3) is 0 Å². The Balaban J connectivity index is 1.92. The van der Waals surface area contributed by atoms with E-state index in [1.54, 1.807) is 0 Å². The largest absolute Gasteiger partial charge is 0.458 e. The normalized spacial score (nSPS) is 34.4. The lowest BCUT2D eigenvalue weighted by Crippen LogP contribution is -2.35. The average Bonchev–Trinajstić information content (AvgIpc) is 2.58. The lowest BCUT2D eigenvalue weighted by atomic mass is 9.88. The van der Waals surface area contributed by atoms with Crippen molar-refractivity contribution in [1.29, 1.82) is 0 Å². The summed E-state index contributed by atoms with van der Waals surface area (Å²) in [5.74, 6) is -0.263. The summed E-state index contributed by atoms with van der Waals surface area (Å²) in [6.07, 6.45) is 2.59.